The fourth-order valence-corrected chi connectivity index (χ4v) is 1.90. The lowest BCUT2D eigenvalue weighted by Crippen LogP contribution is -2.32. The van der Waals surface area contributed by atoms with E-state index in [9.17, 15) is 5.11 Å². The van der Waals surface area contributed by atoms with Gasteiger partial charge in [-0.1, -0.05) is 20.8 Å². The number of hydrogen-bond donors (Lipinski definition) is 1. The molecule has 3 atom stereocenters. The molecule has 0 aliphatic carbocycles. The van der Waals surface area contributed by atoms with Gasteiger partial charge in [0.15, 0.2) is 6.29 Å². The lowest BCUT2D eigenvalue weighted by atomic mass is 9.92. The molecule has 1 aliphatic heterocycles. The highest BCUT2D eigenvalue weighted by Gasteiger charge is 2.25. The third-order valence-corrected chi connectivity index (χ3v) is 2.35. The zero-order valence-electron chi connectivity index (χ0n) is 8.29. The minimum atomic E-state index is -0.516. The molecule has 0 aromatic carbocycles. The van der Waals surface area contributed by atoms with E-state index < -0.39 is 6.29 Å². The van der Waals surface area contributed by atoms with Gasteiger partial charge in [0.05, 0.1) is 6.10 Å². The van der Waals surface area contributed by atoms with Gasteiger partial charge in [0.2, 0.25) is 0 Å². The minimum absolute atomic E-state index is 0.281. The second-order valence-corrected chi connectivity index (χ2v) is 4.42. The molecule has 0 radical (unpaired) electrons. The van der Waals surface area contributed by atoms with Crippen LogP contribution in [0.15, 0.2) is 0 Å². The third-order valence-electron chi connectivity index (χ3n) is 2.35. The van der Waals surface area contributed by atoms with Gasteiger partial charge < -0.3 is 9.84 Å². The van der Waals surface area contributed by atoms with Gasteiger partial charge in [0, 0.05) is 6.42 Å². The molecule has 72 valence electrons. The van der Waals surface area contributed by atoms with Crippen LogP contribution in [0.1, 0.15) is 40.0 Å². The van der Waals surface area contributed by atoms with E-state index in [2.05, 4.69) is 20.8 Å². The average Bonchev–Trinajstić information content (AvgIpc) is 1.81. The third kappa shape index (κ3) is 3.11. The van der Waals surface area contributed by atoms with Crippen LogP contribution in [0.25, 0.3) is 0 Å². The number of rotatable bonds is 2. The first-order chi connectivity index (χ1) is 5.58. The highest BCUT2D eigenvalue weighted by molar-refractivity contribution is 4.71. The Hall–Kier alpha value is -0.0800. The summed E-state index contributed by atoms with van der Waals surface area (Å²) in [6.07, 6.45) is 2.74. The van der Waals surface area contributed by atoms with E-state index in [1.54, 1.807) is 0 Å². The second kappa shape index (κ2) is 4.24. The normalized spacial score (nSPS) is 37.2. The van der Waals surface area contributed by atoms with Gasteiger partial charge >= 0.3 is 0 Å². The quantitative estimate of drug-likeness (QED) is 0.691. The first kappa shape index (κ1) is 10.0. The molecule has 0 amide bonds. The zero-order valence-corrected chi connectivity index (χ0v) is 8.29. The van der Waals surface area contributed by atoms with Crippen LogP contribution in [-0.4, -0.2) is 17.5 Å². The Balaban J connectivity index is 2.34. The maximum atomic E-state index is 9.34. The van der Waals surface area contributed by atoms with Crippen LogP contribution in [0, 0.1) is 11.8 Å². The molecule has 0 aromatic heterocycles. The molecule has 2 heteroatoms. The zero-order chi connectivity index (χ0) is 9.14. The highest BCUT2D eigenvalue weighted by Crippen LogP contribution is 2.26. The van der Waals surface area contributed by atoms with Crippen molar-refractivity contribution in [3.05, 3.63) is 0 Å². The van der Waals surface area contributed by atoms with Crippen LogP contribution in [-0.2, 0) is 4.74 Å². The van der Waals surface area contributed by atoms with E-state index in [4.69, 9.17) is 4.74 Å². The summed E-state index contributed by atoms with van der Waals surface area (Å²) in [5, 5.41) is 9.34. The Morgan fingerprint density at radius 1 is 1.42 bits per heavy atom. The van der Waals surface area contributed by atoms with Crippen LogP contribution in [0.4, 0.5) is 0 Å². The number of ether oxygens (including phenoxy) is 1. The van der Waals surface area contributed by atoms with Gasteiger partial charge in [0.1, 0.15) is 0 Å². The monoisotopic (exact) mass is 172 g/mol. The molecule has 0 saturated carbocycles. The van der Waals surface area contributed by atoms with E-state index in [1.165, 1.54) is 0 Å². The molecule has 0 spiro atoms. The topological polar surface area (TPSA) is 29.5 Å². The summed E-state index contributed by atoms with van der Waals surface area (Å²) in [7, 11) is 0. The fraction of sp³-hybridized carbons (Fsp3) is 1.00. The molecule has 2 nitrogen and oxygen atoms in total. The van der Waals surface area contributed by atoms with Gasteiger partial charge in [-0.2, -0.15) is 0 Å². The Morgan fingerprint density at radius 3 is 2.58 bits per heavy atom. The van der Waals surface area contributed by atoms with Crippen LogP contribution < -0.4 is 0 Å². The standard InChI is InChI=1S/C10H20O2/c1-7(2)4-9-5-8(3)6-10(11)12-9/h7-11H,4-6H2,1-3H3. The number of aliphatic hydroxyl groups excluding tert-OH is 1. The average molecular weight is 172 g/mol. The van der Waals surface area contributed by atoms with E-state index in [0.29, 0.717) is 11.8 Å². The summed E-state index contributed by atoms with van der Waals surface area (Å²) >= 11 is 0. The van der Waals surface area contributed by atoms with Crippen LogP contribution in [0.5, 0.6) is 0 Å². The van der Waals surface area contributed by atoms with Crippen molar-refractivity contribution >= 4 is 0 Å². The molecular formula is C10H20O2. The predicted molar refractivity (Wildman–Crippen MR) is 48.7 cm³/mol. The van der Waals surface area contributed by atoms with Gasteiger partial charge in [-0.15, -0.1) is 0 Å². The van der Waals surface area contributed by atoms with Gasteiger partial charge in [-0.3, -0.25) is 0 Å². The molecule has 1 aliphatic rings. The minimum Gasteiger partial charge on any atom is -0.368 e. The summed E-state index contributed by atoms with van der Waals surface area (Å²) in [4.78, 5) is 0. The largest absolute Gasteiger partial charge is 0.368 e. The molecular weight excluding hydrogens is 152 g/mol. The Labute approximate surface area is 74.9 Å². The van der Waals surface area contributed by atoms with Gasteiger partial charge in [-0.05, 0) is 24.7 Å². The van der Waals surface area contributed by atoms with E-state index in [1.807, 2.05) is 0 Å². The molecule has 1 fully saturated rings. The summed E-state index contributed by atoms with van der Waals surface area (Å²) in [5.74, 6) is 1.27. The maximum absolute atomic E-state index is 9.34. The molecule has 1 saturated heterocycles. The van der Waals surface area contributed by atoms with Crippen LogP contribution >= 0.6 is 0 Å². The van der Waals surface area contributed by atoms with Crippen LogP contribution in [0.3, 0.4) is 0 Å². The van der Waals surface area contributed by atoms with Crippen molar-refractivity contribution < 1.29 is 9.84 Å². The smallest absolute Gasteiger partial charge is 0.155 e. The van der Waals surface area contributed by atoms with E-state index in [0.717, 1.165) is 19.3 Å². The van der Waals surface area contributed by atoms with Crippen molar-refractivity contribution in [3.8, 4) is 0 Å². The number of hydrogen-bond acceptors (Lipinski definition) is 2. The molecule has 12 heavy (non-hydrogen) atoms. The SMILES string of the molecule is CC(C)CC1CC(C)CC(O)O1. The molecule has 0 aromatic rings. The molecule has 1 rings (SSSR count). The van der Waals surface area contributed by atoms with Gasteiger partial charge in [-0.25, -0.2) is 0 Å². The molecule has 0 bridgehead atoms. The van der Waals surface area contributed by atoms with Crippen molar-refractivity contribution in [3.63, 3.8) is 0 Å². The van der Waals surface area contributed by atoms with Crippen molar-refractivity contribution in [1.82, 2.24) is 0 Å². The molecule has 3 unspecified atom stereocenters. The molecule has 1 heterocycles. The Kier molecular flexibility index (Phi) is 3.53. The van der Waals surface area contributed by atoms with Gasteiger partial charge in [0.25, 0.3) is 0 Å². The fourth-order valence-electron chi connectivity index (χ4n) is 1.90. The van der Waals surface area contributed by atoms with E-state index in [-0.39, 0.29) is 6.10 Å². The first-order valence-electron chi connectivity index (χ1n) is 4.91. The highest BCUT2D eigenvalue weighted by atomic mass is 16.6. The van der Waals surface area contributed by atoms with Crippen molar-refractivity contribution in [2.24, 2.45) is 11.8 Å². The number of aliphatic hydroxyl groups is 1. The first-order valence-corrected chi connectivity index (χ1v) is 4.91. The summed E-state index contributed by atoms with van der Waals surface area (Å²) in [5.41, 5.74) is 0. The Morgan fingerprint density at radius 2 is 2.08 bits per heavy atom. The summed E-state index contributed by atoms with van der Waals surface area (Å²) in [6.45, 7) is 6.56. The van der Waals surface area contributed by atoms with Crippen LogP contribution in [0.2, 0.25) is 0 Å². The lowest BCUT2D eigenvalue weighted by Gasteiger charge is -2.31. The summed E-state index contributed by atoms with van der Waals surface area (Å²) < 4.78 is 5.42. The maximum Gasteiger partial charge on any atom is 0.155 e. The molecule has 1 N–H and O–H groups in total. The van der Waals surface area contributed by atoms with Crippen molar-refractivity contribution in [1.29, 1.82) is 0 Å². The van der Waals surface area contributed by atoms with Crippen molar-refractivity contribution in [2.75, 3.05) is 0 Å². The summed E-state index contributed by atoms with van der Waals surface area (Å²) in [6, 6.07) is 0. The Bertz CT molecular complexity index is 121. The predicted octanol–water partition coefficient (Wildman–Crippen LogP) is 2.17. The lowest BCUT2D eigenvalue weighted by molar-refractivity contribution is -0.178. The van der Waals surface area contributed by atoms with Crippen molar-refractivity contribution in [2.45, 2.75) is 52.4 Å². The van der Waals surface area contributed by atoms with E-state index >= 15 is 0 Å². The second-order valence-electron chi connectivity index (χ2n) is 4.42.